The third kappa shape index (κ3) is 3.21. The van der Waals surface area contributed by atoms with Gasteiger partial charge in [0.2, 0.25) is 0 Å². The highest BCUT2D eigenvalue weighted by Gasteiger charge is 2.26. The highest BCUT2D eigenvalue weighted by molar-refractivity contribution is 6.30. The first-order valence-corrected chi connectivity index (χ1v) is 8.83. The zero-order valence-electron chi connectivity index (χ0n) is 13.7. The molecular weight excluding hydrogens is 344 g/mol. The van der Waals surface area contributed by atoms with Gasteiger partial charge in [0.15, 0.2) is 0 Å². The number of carbonyl (C=O) groups is 1. The first-order valence-electron chi connectivity index (χ1n) is 8.46. The Labute approximate surface area is 149 Å². The summed E-state index contributed by atoms with van der Waals surface area (Å²) in [4.78, 5) is 31.3. The van der Waals surface area contributed by atoms with Crippen molar-refractivity contribution in [1.82, 2.24) is 19.6 Å². The van der Waals surface area contributed by atoms with Crippen LogP contribution in [0.2, 0.25) is 5.02 Å². The molecule has 7 nitrogen and oxygen atoms in total. The Balaban J connectivity index is 1.53. The van der Waals surface area contributed by atoms with Gasteiger partial charge in [0.05, 0.1) is 28.9 Å². The molecular formula is C17H19ClN4O3. The summed E-state index contributed by atoms with van der Waals surface area (Å²) in [5, 5.41) is 3.37. The van der Waals surface area contributed by atoms with Crippen LogP contribution in [0.1, 0.15) is 24.1 Å². The van der Waals surface area contributed by atoms with Gasteiger partial charge < -0.3 is 15.0 Å². The molecule has 0 spiro atoms. The lowest BCUT2D eigenvalue weighted by Crippen LogP contribution is -2.46. The van der Waals surface area contributed by atoms with Crippen molar-refractivity contribution in [2.75, 3.05) is 19.7 Å². The number of nitrogens with one attached hydrogen (secondary N) is 1. The van der Waals surface area contributed by atoms with Crippen LogP contribution in [0, 0.1) is 0 Å². The molecule has 2 aromatic rings. The number of halogens is 1. The first kappa shape index (κ1) is 16.4. The molecule has 1 N–H and O–H groups in total. The monoisotopic (exact) mass is 362 g/mol. The fourth-order valence-corrected chi connectivity index (χ4v) is 3.52. The smallest absolute Gasteiger partial charge is 0.317 e. The lowest BCUT2D eigenvalue weighted by atomic mass is 10.1. The number of urea groups is 1. The van der Waals surface area contributed by atoms with Crippen molar-refractivity contribution in [1.29, 1.82) is 0 Å². The molecule has 8 heteroatoms. The molecule has 2 aliphatic rings. The number of amides is 2. The minimum Gasteiger partial charge on any atom is -0.376 e. The molecule has 2 aliphatic heterocycles. The van der Waals surface area contributed by atoms with E-state index in [1.807, 2.05) is 0 Å². The molecule has 0 saturated carbocycles. The van der Waals surface area contributed by atoms with Crippen LogP contribution >= 0.6 is 11.6 Å². The van der Waals surface area contributed by atoms with E-state index < -0.39 is 0 Å². The number of carbonyl (C=O) groups excluding carboxylic acids is 1. The van der Waals surface area contributed by atoms with Gasteiger partial charge in [-0.1, -0.05) is 11.6 Å². The average Bonchev–Trinajstić information content (AvgIpc) is 3.14. The van der Waals surface area contributed by atoms with Crippen molar-refractivity contribution in [2.45, 2.75) is 31.9 Å². The van der Waals surface area contributed by atoms with E-state index in [1.54, 1.807) is 23.2 Å². The van der Waals surface area contributed by atoms with Gasteiger partial charge in [-0.05, 0) is 25.0 Å². The van der Waals surface area contributed by atoms with Crippen molar-refractivity contribution in [2.24, 2.45) is 0 Å². The molecule has 132 valence electrons. The predicted molar refractivity (Wildman–Crippen MR) is 93.0 cm³/mol. The standard InChI is InChI=1S/C17H19ClN4O3/c18-11-3-4-15-20-14-5-6-21(10-13(14)16(23)22(15)9-11)17(24)19-8-12-2-1-7-25-12/h3-4,9,12H,1-2,5-8,10H2,(H,19,24)/t12-/m0/s1. The summed E-state index contributed by atoms with van der Waals surface area (Å²) < 4.78 is 6.96. The first-order chi connectivity index (χ1) is 12.1. The molecule has 0 unspecified atom stereocenters. The van der Waals surface area contributed by atoms with E-state index in [0.29, 0.717) is 35.7 Å². The molecule has 0 radical (unpaired) electrons. The maximum absolute atomic E-state index is 12.7. The summed E-state index contributed by atoms with van der Waals surface area (Å²) >= 11 is 5.98. The minimum atomic E-state index is -0.170. The van der Waals surface area contributed by atoms with Gasteiger partial charge in [0.25, 0.3) is 5.56 Å². The van der Waals surface area contributed by atoms with Gasteiger partial charge in [0.1, 0.15) is 5.65 Å². The minimum absolute atomic E-state index is 0.0967. The van der Waals surface area contributed by atoms with Crippen molar-refractivity contribution >= 4 is 23.3 Å². The lowest BCUT2D eigenvalue weighted by molar-refractivity contribution is 0.108. The van der Waals surface area contributed by atoms with Crippen molar-refractivity contribution < 1.29 is 9.53 Å². The van der Waals surface area contributed by atoms with E-state index in [0.717, 1.165) is 25.1 Å². The van der Waals surface area contributed by atoms with E-state index in [9.17, 15) is 9.59 Å². The molecule has 4 heterocycles. The Bertz CT molecular complexity index is 876. The number of aromatic nitrogens is 2. The number of pyridine rings is 1. The van der Waals surface area contributed by atoms with Crippen molar-refractivity contribution in [3.05, 3.63) is 45.0 Å². The Hall–Kier alpha value is -2.12. The van der Waals surface area contributed by atoms with E-state index in [2.05, 4.69) is 10.3 Å². The maximum atomic E-state index is 12.7. The lowest BCUT2D eigenvalue weighted by Gasteiger charge is -2.28. The highest BCUT2D eigenvalue weighted by Crippen LogP contribution is 2.17. The quantitative estimate of drug-likeness (QED) is 0.880. The molecule has 0 aliphatic carbocycles. The fraction of sp³-hybridized carbons (Fsp3) is 0.471. The number of fused-ring (bicyclic) bond motifs is 2. The van der Waals surface area contributed by atoms with Gasteiger partial charge >= 0.3 is 6.03 Å². The maximum Gasteiger partial charge on any atom is 0.317 e. The molecule has 4 rings (SSSR count). The van der Waals surface area contributed by atoms with Crippen LogP contribution in [0.25, 0.3) is 5.65 Å². The average molecular weight is 363 g/mol. The summed E-state index contributed by atoms with van der Waals surface area (Å²) in [6.07, 6.45) is 4.23. The Morgan fingerprint density at radius 3 is 3.12 bits per heavy atom. The number of nitrogens with zero attached hydrogens (tertiary/aromatic N) is 3. The number of rotatable bonds is 2. The van der Waals surface area contributed by atoms with Crippen LogP contribution in [0.3, 0.4) is 0 Å². The summed E-state index contributed by atoms with van der Waals surface area (Å²) in [5.41, 5.74) is 1.72. The zero-order valence-corrected chi connectivity index (χ0v) is 14.5. The molecule has 0 aromatic carbocycles. The largest absolute Gasteiger partial charge is 0.376 e. The summed E-state index contributed by atoms with van der Waals surface area (Å²) in [6.45, 7) is 2.07. The molecule has 2 amide bonds. The molecule has 0 bridgehead atoms. The summed E-state index contributed by atoms with van der Waals surface area (Å²) in [6, 6.07) is 3.27. The topological polar surface area (TPSA) is 75.9 Å². The number of hydrogen-bond donors (Lipinski definition) is 1. The second-order valence-electron chi connectivity index (χ2n) is 6.41. The Morgan fingerprint density at radius 2 is 2.32 bits per heavy atom. The highest BCUT2D eigenvalue weighted by atomic mass is 35.5. The van der Waals surface area contributed by atoms with Crippen LogP contribution in [-0.4, -0.2) is 46.1 Å². The predicted octanol–water partition coefficient (Wildman–Crippen LogP) is 1.59. The Morgan fingerprint density at radius 1 is 1.44 bits per heavy atom. The summed E-state index contributed by atoms with van der Waals surface area (Å²) in [5.74, 6) is 0. The van der Waals surface area contributed by atoms with Crippen LogP contribution in [0.15, 0.2) is 23.1 Å². The SMILES string of the molecule is O=C(NC[C@@H]1CCCO1)N1CCc2nc3ccc(Cl)cn3c(=O)c2C1. The van der Waals surface area contributed by atoms with Gasteiger partial charge in [-0.2, -0.15) is 0 Å². The Kier molecular flexibility index (Phi) is 4.35. The van der Waals surface area contributed by atoms with Gasteiger partial charge in [-0.15, -0.1) is 0 Å². The van der Waals surface area contributed by atoms with Crippen LogP contribution < -0.4 is 10.9 Å². The van der Waals surface area contributed by atoms with Crippen molar-refractivity contribution in [3.63, 3.8) is 0 Å². The van der Waals surface area contributed by atoms with Gasteiger partial charge in [0, 0.05) is 32.3 Å². The van der Waals surface area contributed by atoms with Gasteiger partial charge in [-0.3, -0.25) is 9.20 Å². The van der Waals surface area contributed by atoms with E-state index >= 15 is 0 Å². The normalized spacial score (nSPS) is 19.9. The zero-order chi connectivity index (χ0) is 17.4. The van der Waals surface area contributed by atoms with Gasteiger partial charge in [-0.25, -0.2) is 9.78 Å². The van der Waals surface area contributed by atoms with E-state index in [-0.39, 0.29) is 24.2 Å². The third-order valence-electron chi connectivity index (χ3n) is 4.73. The number of hydrogen-bond acceptors (Lipinski definition) is 4. The van der Waals surface area contributed by atoms with Crippen molar-refractivity contribution in [3.8, 4) is 0 Å². The van der Waals surface area contributed by atoms with Crippen LogP contribution in [0.5, 0.6) is 0 Å². The second-order valence-corrected chi connectivity index (χ2v) is 6.85. The summed E-state index contributed by atoms with van der Waals surface area (Å²) in [7, 11) is 0. The molecule has 25 heavy (non-hydrogen) atoms. The molecule has 1 fully saturated rings. The van der Waals surface area contributed by atoms with E-state index in [4.69, 9.17) is 16.3 Å². The third-order valence-corrected chi connectivity index (χ3v) is 4.95. The van der Waals surface area contributed by atoms with E-state index in [1.165, 1.54) is 4.40 Å². The molecule has 1 atom stereocenters. The fourth-order valence-electron chi connectivity index (χ4n) is 3.36. The number of ether oxygens (including phenoxy) is 1. The molecule has 1 saturated heterocycles. The molecule has 2 aromatic heterocycles. The van der Waals surface area contributed by atoms with Crippen LogP contribution in [-0.2, 0) is 17.7 Å². The second kappa shape index (κ2) is 6.65. The van der Waals surface area contributed by atoms with Crippen LogP contribution in [0.4, 0.5) is 4.79 Å².